The number of thiophene rings is 1. The number of aromatic nitrogens is 1. The fourth-order valence-corrected chi connectivity index (χ4v) is 3.24. The third kappa shape index (κ3) is 3.40. The van der Waals surface area contributed by atoms with E-state index in [2.05, 4.69) is 59.7 Å². The van der Waals surface area contributed by atoms with E-state index in [0.29, 0.717) is 0 Å². The SMILES string of the molecule is CN(C)Cc1csc(-c2ocnc2Cc2ccccc2)c1. The Kier molecular flexibility index (Phi) is 4.18. The highest BCUT2D eigenvalue weighted by molar-refractivity contribution is 7.13. The van der Waals surface area contributed by atoms with Gasteiger partial charge in [0.1, 0.15) is 0 Å². The van der Waals surface area contributed by atoms with Gasteiger partial charge in [-0.1, -0.05) is 30.3 Å². The minimum Gasteiger partial charge on any atom is -0.442 e. The van der Waals surface area contributed by atoms with Crippen LogP contribution in [0.4, 0.5) is 0 Å². The molecule has 21 heavy (non-hydrogen) atoms. The van der Waals surface area contributed by atoms with Gasteiger partial charge in [-0.15, -0.1) is 11.3 Å². The van der Waals surface area contributed by atoms with Crippen molar-refractivity contribution in [3.05, 3.63) is 65.0 Å². The lowest BCUT2D eigenvalue weighted by Gasteiger charge is -2.06. The molecule has 0 saturated heterocycles. The van der Waals surface area contributed by atoms with Crippen molar-refractivity contribution in [3.63, 3.8) is 0 Å². The third-order valence-corrected chi connectivity index (χ3v) is 4.21. The van der Waals surface area contributed by atoms with Gasteiger partial charge in [-0.05, 0) is 36.7 Å². The first-order chi connectivity index (χ1) is 10.2. The topological polar surface area (TPSA) is 29.3 Å². The Morgan fingerprint density at radius 2 is 1.95 bits per heavy atom. The molecular formula is C17H18N2OS. The molecule has 0 amide bonds. The van der Waals surface area contributed by atoms with Crippen LogP contribution in [-0.2, 0) is 13.0 Å². The second-order valence-corrected chi connectivity index (χ2v) is 6.26. The molecule has 3 aromatic rings. The molecule has 0 atom stereocenters. The maximum absolute atomic E-state index is 5.63. The maximum Gasteiger partial charge on any atom is 0.181 e. The normalized spacial score (nSPS) is 11.2. The summed E-state index contributed by atoms with van der Waals surface area (Å²) in [6.07, 6.45) is 2.34. The van der Waals surface area contributed by atoms with Crippen molar-refractivity contribution in [2.24, 2.45) is 0 Å². The Balaban J connectivity index is 1.83. The molecule has 0 bridgehead atoms. The van der Waals surface area contributed by atoms with Crippen LogP contribution >= 0.6 is 11.3 Å². The zero-order chi connectivity index (χ0) is 14.7. The first-order valence-electron chi connectivity index (χ1n) is 6.91. The summed E-state index contributed by atoms with van der Waals surface area (Å²) in [7, 11) is 4.15. The Bertz CT molecular complexity index is 700. The summed E-state index contributed by atoms with van der Waals surface area (Å²) in [5.74, 6) is 0.897. The van der Waals surface area contributed by atoms with Crippen molar-refractivity contribution in [1.82, 2.24) is 9.88 Å². The van der Waals surface area contributed by atoms with Crippen molar-refractivity contribution in [1.29, 1.82) is 0 Å². The molecule has 0 N–H and O–H groups in total. The summed E-state index contributed by atoms with van der Waals surface area (Å²) >= 11 is 1.71. The van der Waals surface area contributed by atoms with Crippen molar-refractivity contribution in [2.75, 3.05) is 14.1 Å². The highest BCUT2D eigenvalue weighted by Gasteiger charge is 2.13. The van der Waals surface area contributed by atoms with E-state index >= 15 is 0 Å². The number of hydrogen-bond acceptors (Lipinski definition) is 4. The van der Waals surface area contributed by atoms with Gasteiger partial charge >= 0.3 is 0 Å². The fraction of sp³-hybridized carbons (Fsp3) is 0.235. The average Bonchev–Trinajstić information content (AvgIpc) is 3.08. The lowest BCUT2D eigenvalue weighted by atomic mass is 10.1. The summed E-state index contributed by atoms with van der Waals surface area (Å²) in [4.78, 5) is 7.70. The first kappa shape index (κ1) is 14.0. The third-order valence-electron chi connectivity index (χ3n) is 3.23. The van der Waals surface area contributed by atoms with Gasteiger partial charge < -0.3 is 9.32 Å². The summed E-state index contributed by atoms with van der Waals surface area (Å²) in [6.45, 7) is 0.943. The van der Waals surface area contributed by atoms with Gasteiger partial charge in [-0.3, -0.25) is 0 Å². The highest BCUT2D eigenvalue weighted by atomic mass is 32.1. The van der Waals surface area contributed by atoms with E-state index in [0.717, 1.165) is 29.3 Å². The Morgan fingerprint density at radius 3 is 2.71 bits per heavy atom. The minimum atomic E-state index is 0.799. The molecule has 0 aliphatic carbocycles. The van der Waals surface area contributed by atoms with Gasteiger partial charge in [-0.25, -0.2) is 4.98 Å². The maximum atomic E-state index is 5.63. The van der Waals surface area contributed by atoms with Gasteiger partial charge in [-0.2, -0.15) is 0 Å². The predicted octanol–water partition coefficient (Wildman–Crippen LogP) is 4.06. The average molecular weight is 298 g/mol. The van der Waals surface area contributed by atoms with E-state index in [1.54, 1.807) is 17.7 Å². The standard InChI is InChI=1S/C17H18N2OS/c1-19(2)10-14-9-16(21-11-14)17-15(18-12-20-17)8-13-6-4-3-5-7-13/h3-7,9,11-12H,8,10H2,1-2H3. The van der Waals surface area contributed by atoms with Crippen LogP contribution in [0.5, 0.6) is 0 Å². The van der Waals surface area contributed by atoms with Crippen LogP contribution in [-0.4, -0.2) is 24.0 Å². The molecule has 3 rings (SSSR count). The molecule has 1 aromatic carbocycles. The summed E-state index contributed by atoms with van der Waals surface area (Å²) in [5.41, 5.74) is 3.55. The van der Waals surface area contributed by atoms with Crippen LogP contribution in [0, 0.1) is 0 Å². The van der Waals surface area contributed by atoms with Crippen molar-refractivity contribution in [2.45, 2.75) is 13.0 Å². The Labute approximate surface area is 128 Å². The quantitative estimate of drug-likeness (QED) is 0.711. The number of hydrogen-bond donors (Lipinski definition) is 0. The number of benzene rings is 1. The number of rotatable bonds is 5. The zero-order valence-electron chi connectivity index (χ0n) is 12.2. The smallest absolute Gasteiger partial charge is 0.181 e. The summed E-state index contributed by atoms with van der Waals surface area (Å²) in [5, 5.41) is 2.18. The van der Waals surface area contributed by atoms with Gasteiger partial charge in [0, 0.05) is 13.0 Å². The van der Waals surface area contributed by atoms with Gasteiger partial charge in [0.15, 0.2) is 12.2 Å². The molecule has 3 nitrogen and oxygen atoms in total. The minimum absolute atomic E-state index is 0.799. The molecule has 4 heteroatoms. The van der Waals surface area contributed by atoms with Crippen molar-refractivity contribution in [3.8, 4) is 10.6 Å². The van der Waals surface area contributed by atoms with E-state index in [1.165, 1.54) is 11.1 Å². The molecule has 0 unspecified atom stereocenters. The predicted molar refractivity (Wildman–Crippen MR) is 86.5 cm³/mol. The summed E-state index contributed by atoms with van der Waals surface area (Å²) < 4.78 is 5.63. The van der Waals surface area contributed by atoms with Crippen LogP contribution in [0.25, 0.3) is 10.6 Å². The van der Waals surface area contributed by atoms with Crippen LogP contribution in [0.2, 0.25) is 0 Å². The molecule has 2 aromatic heterocycles. The Hall–Kier alpha value is -1.91. The molecule has 2 heterocycles. The number of oxazole rings is 1. The fourth-order valence-electron chi connectivity index (χ4n) is 2.33. The van der Waals surface area contributed by atoms with Crippen LogP contribution in [0.15, 0.2) is 52.6 Å². The van der Waals surface area contributed by atoms with E-state index in [1.807, 2.05) is 6.07 Å². The molecule has 0 aliphatic rings. The molecular weight excluding hydrogens is 280 g/mol. The molecule has 108 valence electrons. The zero-order valence-corrected chi connectivity index (χ0v) is 13.1. The molecule has 0 aliphatic heterocycles. The monoisotopic (exact) mass is 298 g/mol. The highest BCUT2D eigenvalue weighted by Crippen LogP contribution is 2.31. The van der Waals surface area contributed by atoms with E-state index in [4.69, 9.17) is 4.42 Å². The largest absolute Gasteiger partial charge is 0.442 e. The summed E-state index contributed by atoms with van der Waals surface area (Å²) in [6, 6.07) is 12.6. The van der Waals surface area contributed by atoms with Gasteiger partial charge in [0.25, 0.3) is 0 Å². The van der Waals surface area contributed by atoms with Gasteiger partial charge in [0.2, 0.25) is 0 Å². The lowest BCUT2D eigenvalue weighted by molar-refractivity contribution is 0.403. The van der Waals surface area contributed by atoms with E-state index < -0.39 is 0 Å². The molecule has 0 fully saturated rings. The van der Waals surface area contributed by atoms with Gasteiger partial charge in [0.05, 0.1) is 10.6 Å². The van der Waals surface area contributed by atoms with E-state index in [9.17, 15) is 0 Å². The number of nitrogens with zero attached hydrogens (tertiary/aromatic N) is 2. The Morgan fingerprint density at radius 1 is 1.14 bits per heavy atom. The lowest BCUT2D eigenvalue weighted by Crippen LogP contribution is -2.09. The van der Waals surface area contributed by atoms with E-state index in [-0.39, 0.29) is 0 Å². The second kappa shape index (κ2) is 6.24. The second-order valence-electron chi connectivity index (χ2n) is 5.35. The van der Waals surface area contributed by atoms with Crippen LogP contribution in [0.1, 0.15) is 16.8 Å². The first-order valence-corrected chi connectivity index (χ1v) is 7.79. The molecule has 0 spiro atoms. The van der Waals surface area contributed by atoms with Crippen molar-refractivity contribution >= 4 is 11.3 Å². The molecule has 0 radical (unpaired) electrons. The molecule has 0 saturated carbocycles. The van der Waals surface area contributed by atoms with Crippen LogP contribution < -0.4 is 0 Å². The van der Waals surface area contributed by atoms with Crippen LogP contribution in [0.3, 0.4) is 0 Å². The van der Waals surface area contributed by atoms with Crippen molar-refractivity contribution < 1.29 is 4.42 Å².